The van der Waals surface area contributed by atoms with E-state index < -0.39 is 0 Å². The summed E-state index contributed by atoms with van der Waals surface area (Å²) in [7, 11) is 0. The van der Waals surface area contributed by atoms with Crippen LogP contribution >= 0.6 is 0 Å². The maximum Gasteiger partial charge on any atom is 0.0684 e. The Labute approximate surface area is 84.3 Å². The molecule has 0 fully saturated rings. The number of hydrogen-bond donors (Lipinski definition) is 1. The van der Waals surface area contributed by atoms with Gasteiger partial charge < -0.3 is 5.73 Å². The fourth-order valence-electron chi connectivity index (χ4n) is 1.08. The molecule has 0 aliphatic heterocycles. The summed E-state index contributed by atoms with van der Waals surface area (Å²) in [6.45, 7) is 5.14. The van der Waals surface area contributed by atoms with E-state index in [-0.39, 0.29) is 5.41 Å². The molecule has 1 aromatic rings. The van der Waals surface area contributed by atoms with Gasteiger partial charge in [0.25, 0.3) is 0 Å². The van der Waals surface area contributed by atoms with Crippen molar-refractivity contribution in [3.05, 3.63) is 18.0 Å². The molecule has 0 amide bonds. The molecular formula is C10H16N4. The van der Waals surface area contributed by atoms with Gasteiger partial charge in [-0.05, 0) is 20.3 Å². The van der Waals surface area contributed by atoms with Gasteiger partial charge in [0.05, 0.1) is 17.7 Å². The van der Waals surface area contributed by atoms with Gasteiger partial charge in [0.15, 0.2) is 0 Å². The van der Waals surface area contributed by atoms with Gasteiger partial charge in [0.2, 0.25) is 0 Å². The molecule has 1 rings (SSSR count). The molecule has 4 nitrogen and oxygen atoms in total. The minimum Gasteiger partial charge on any atom is -0.326 e. The molecule has 0 saturated heterocycles. The summed E-state index contributed by atoms with van der Waals surface area (Å²) >= 11 is 0. The van der Waals surface area contributed by atoms with Crippen LogP contribution in [0.1, 0.15) is 25.8 Å². The fraction of sp³-hybridized carbons (Fsp3) is 0.600. The molecule has 76 valence electrons. The van der Waals surface area contributed by atoms with E-state index in [0.29, 0.717) is 6.54 Å². The van der Waals surface area contributed by atoms with Crippen molar-refractivity contribution in [3.8, 4) is 6.07 Å². The van der Waals surface area contributed by atoms with Gasteiger partial charge in [-0.15, -0.1) is 0 Å². The Balaban J connectivity index is 2.50. The van der Waals surface area contributed by atoms with Crippen molar-refractivity contribution in [2.45, 2.75) is 33.4 Å². The first-order valence-corrected chi connectivity index (χ1v) is 4.70. The van der Waals surface area contributed by atoms with Crippen molar-refractivity contribution in [1.82, 2.24) is 9.78 Å². The maximum atomic E-state index is 8.82. The molecular weight excluding hydrogens is 176 g/mol. The van der Waals surface area contributed by atoms with Crippen molar-refractivity contribution in [1.29, 1.82) is 5.26 Å². The zero-order chi connectivity index (χ0) is 10.6. The summed E-state index contributed by atoms with van der Waals surface area (Å²) in [5, 5.41) is 13.0. The summed E-state index contributed by atoms with van der Waals surface area (Å²) in [6, 6.07) is 2.27. The Kier molecular flexibility index (Phi) is 3.26. The second kappa shape index (κ2) is 4.25. The highest BCUT2D eigenvalue weighted by atomic mass is 15.3. The molecule has 2 N–H and O–H groups in total. The second-order valence-electron chi connectivity index (χ2n) is 4.06. The van der Waals surface area contributed by atoms with Gasteiger partial charge in [0.1, 0.15) is 0 Å². The van der Waals surface area contributed by atoms with Crippen molar-refractivity contribution in [2.24, 2.45) is 11.1 Å². The first-order valence-electron chi connectivity index (χ1n) is 4.70. The van der Waals surface area contributed by atoms with Crippen molar-refractivity contribution >= 4 is 0 Å². The third-order valence-corrected chi connectivity index (χ3v) is 2.19. The molecule has 0 aliphatic rings. The Morgan fingerprint density at radius 2 is 2.36 bits per heavy atom. The molecule has 0 radical (unpaired) electrons. The Bertz CT molecular complexity index is 332. The highest BCUT2D eigenvalue weighted by Gasteiger charge is 2.16. The largest absolute Gasteiger partial charge is 0.326 e. The van der Waals surface area contributed by atoms with E-state index >= 15 is 0 Å². The van der Waals surface area contributed by atoms with E-state index in [1.807, 2.05) is 24.7 Å². The molecule has 14 heavy (non-hydrogen) atoms. The van der Waals surface area contributed by atoms with E-state index in [4.69, 9.17) is 11.0 Å². The van der Waals surface area contributed by atoms with Gasteiger partial charge >= 0.3 is 0 Å². The monoisotopic (exact) mass is 192 g/mol. The predicted octanol–water partition coefficient (Wildman–Crippen LogP) is 1.28. The quantitative estimate of drug-likeness (QED) is 0.781. The Morgan fingerprint density at radius 3 is 2.86 bits per heavy atom. The second-order valence-corrected chi connectivity index (χ2v) is 4.06. The van der Waals surface area contributed by atoms with Crippen LogP contribution in [0.3, 0.4) is 0 Å². The number of aryl methyl sites for hydroxylation is 1. The van der Waals surface area contributed by atoms with Crippen LogP contribution < -0.4 is 5.73 Å². The average molecular weight is 192 g/mol. The van der Waals surface area contributed by atoms with Crippen molar-refractivity contribution in [2.75, 3.05) is 0 Å². The molecule has 0 aliphatic carbocycles. The standard InChI is InChI=1S/C10H16N4/c1-10(2,8-12)3-4-14-7-9(5-11)6-13-14/h6-7H,3-5,11H2,1-2H3. The number of nitrogens with zero attached hydrogens (tertiary/aromatic N) is 3. The van der Waals surface area contributed by atoms with Gasteiger partial charge in [-0.3, -0.25) is 4.68 Å². The highest BCUT2D eigenvalue weighted by Crippen LogP contribution is 2.19. The van der Waals surface area contributed by atoms with E-state index in [2.05, 4.69) is 11.2 Å². The van der Waals surface area contributed by atoms with Crippen LogP contribution in [0.2, 0.25) is 0 Å². The first kappa shape index (κ1) is 10.7. The van der Waals surface area contributed by atoms with Crippen molar-refractivity contribution in [3.63, 3.8) is 0 Å². The van der Waals surface area contributed by atoms with Gasteiger partial charge in [-0.1, -0.05) is 0 Å². The lowest BCUT2D eigenvalue weighted by Gasteiger charge is -2.14. The number of rotatable bonds is 4. The lowest BCUT2D eigenvalue weighted by molar-refractivity contribution is 0.399. The molecule has 1 aromatic heterocycles. The van der Waals surface area contributed by atoms with E-state index in [9.17, 15) is 0 Å². The highest BCUT2D eigenvalue weighted by molar-refractivity contribution is 5.02. The maximum absolute atomic E-state index is 8.82. The van der Waals surface area contributed by atoms with E-state index in [0.717, 1.165) is 18.5 Å². The smallest absolute Gasteiger partial charge is 0.0684 e. The molecule has 0 unspecified atom stereocenters. The summed E-state index contributed by atoms with van der Waals surface area (Å²) in [5.41, 5.74) is 6.21. The van der Waals surface area contributed by atoms with Gasteiger partial charge in [0, 0.05) is 24.8 Å². The zero-order valence-electron chi connectivity index (χ0n) is 8.70. The fourth-order valence-corrected chi connectivity index (χ4v) is 1.08. The van der Waals surface area contributed by atoms with Crippen LogP contribution in [0.5, 0.6) is 0 Å². The lowest BCUT2D eigenvalue weighted by atomic mass is 9.92. The topological polar surface area (TPSA) is 67.6 Å². The van der Waals surface area contributed by atoms with E-state index in [1.54, 1.807) is 6.20 Å². The molecule has 1 heterocycles. The SMILES string of the molecule is CC(C)(C#N)CCn1cc(CN)cn1. The first-order chi connectivity index (χ1) is 6.57. The number of aromatic nitrogens is 2. The predicted molar refractivity (Wildman–Crippen MR) is 54.1 cm³/mol. The number of nitrogens with two attached hydrogens (primary N) is 1. The van der Waals surface area contributed by atoms with Gasteiger partial charge in [-0.2, -0.15) is 10.4 Å². The van der Waals surface area contributed by atoms with Crippen molar-refractivity contribution < 1.29 is 0 Å². The van der Waals surface area contributed by atoms with E-state index in [1.165, 1.54) is 0 Å². The van der Waals surface area contributed by atoms with Crippen LogP contribution in [0, 0.1) is 16.7 Å². The molecule has 0 aromatic carbocycles. The Morgan fingerprint density at radius 1 is 1.64 bits per heavy atom. The molecule has 0 bridgehead atoms. The van der Waals surface area contributed by atoms with Crippen LogP contribution in [-0.4, -0.2) is 9.78 Å². The van der Waals surface area contributed by atoms with Crippen LogP contribution in [0.25, 0.3) is 0 Å². The minimum atomic E-state index is -0.283. The Hall–Kier alpha value is -1.34. The minimum absolute atomic E-state index is 0.283. The summed E-state index contributed by atoms with van der Waals surface area (Å²) < 4.78 is 1.83. The van der Waals surface area contributed by atoms with Crippen LogP contribution in [0.4, 0.5) is 0 Å². The molecule has 0 spiro atoms. The molecule has 0 atom stereocenters. The summed E-state index contributed by atoms with van der Waals surface area (Å²) in [5.74, 6) is 0. The summed E-state index contributed by atoms with van der Waals surface area (Å²) in [6.07, 6.45) is 4.49. The summed E-state index contributed by atoms with van der Waals surface area (Å²) in [4.78, 5) is 0. The molecule has 4 heteroatoms. The molecule has 0 saturated carbocycles. The van der Waals surface area contributed by atoms with Crippen LogP contribution in [0.15, 0.2) is 12.4 Å². The normalized spacial score (nSPS) is 11.3. The third-order valence-electron chi connectivity index (χ3n) is 2.19. The number of nitriles is 1. The third kappa shape index (κ3) is 2.86. The zero-order valence-corrected chi connectivity index (χ0v) is 8.70. The van der Waals surface area contributed by atoms with Crippen LogP contribution in [-0.2, 0) is 13.1 Å². The average Bonchev–Trinajstić information content (AvgIpc) is 2.63. The lowest BCUT2D eigenvalue weighted by Crippen LogP contribution is -2.12. The van der Waals surface area contributed by atoms with Gasteiger partial charge in [-0.25, -0.2) is 0 Å². The number of hydrogen-bond acceptors (Lipinski definition) is 3.